The minimum Gasteiger partial charge on any atom is -0.326 e. The molecule has 0 spiro atoms. The highest BCUT2D eigenvalue weighted by atomic mass is 32.2. The van der Waals surface area contributed by atoms with Gasteiger partial charge in [0.15, 0.2) is 0 Å². The van der Waals surface area contributed by atoms with Crippen LogP contribution in [-0.4, -0.2) is 32.2 Å². The molecule has 1 aromatic carbocycles. The smallest absolute Gasteiger partial charge is 0.239 e. The van der Waals surface area contributed by atoms with Crippen LogP contribution >= 0.6 is 35.1 Å². The van der Waals surface area contributed by atoms with Gasteiger partial charge >= 0.3 is 0 Å². The molecule has 9 heteroatoms. The normalized spacial score (nSPS) is 12.5. The number of carbonyl (C=O) groups excluding carboxylic acids is 2. The molecule has 2 amide bonds. The number of anilines is 2. The lowest BCUT2D eigenvalue weighted by Gasteiger charge is -2.17. The Bertz CT molecular complexity index is 818. The summed E-state index contributed by atoms with van der Waals surface area (Å²) < 4.78 is 4.20. The molecule has 1 heterocycles. The van der Waals surface area contributed by atoms with Gasteiger partial charge in [0.2, 0.25) is 22.1 Å². The van der Waals surface area contributed by atoms with Crippen LogP contribution in [0.25, 0.3) is 0 Å². The molecular weight excluding hydrogens is 412 g/mol. The Morgan fingerprint density at radius 1 is 1.25 bits per heavy atom. The maximum Gasteiger partial charge on any atom is 0.239 e. The molecule has 152 valence electrons. The van der Waals surface area contributed by atoms with E-state index in [9.17, 15) is 9.59 Å². The summed E-state index contributed by atoms with van der Waals surface area (Å²) in [5.74, 6) is 0.743. The largest absolute Gasteiger partial charge is 0.326 e. The number of hydrogen-bond acceptors (Lipinski definition) is 7. The van der Waals surface area contributed by atoms with Crippen molar-refractivity contribution in [1.82, 2.24) is 9.36 Å². The van der Waals surface area contributed by atoms with Crippen molar-refractivity contribution >= 4 is 57.7 Å². The topological polar surface area (TPSA) is 84.0 Å². The van der Waals surface area contributed by atoms with Gasteiger partial charge in [-0.05, 0) is 36.3 Å². The van der Waals surface area contributed by atoms with Crippen LogP contribution in [0.2, 0.25) is 0 Å². The van der Waals surface area contributed by atoms with Gasteiger partial charge in [-0.15, -0.1) is 11.8 Å². The Kier molecular flexibility index (Phi) is 8.33. The third-order valence-electron chi connectivity index (χ3n) is 3.40. The predicted octanol–water partition coefficient (Wildman–Crippen LogP) is 5.14. The fraction of sp³-hybridized carbons (Fsp3) is 0.474. The van der Waals surface area contributed by atoms with E-state index < -0.39 is 0 Å². The van der Waals surface area contributed by atoms with Crippen molar-refractivity contribution in [3.8, 4) is 0 Å². The summed E-state index contributed by atoms with van der Waals surface area (Å²) in [4.78, 5) is 29.8. The molecule has 2 rings (SSSR count). The third-order valence-corrected chi connectivity index (χ3v) is 5.97. The molecule has 28 heavy (non-hydrogen) atoms. The van der Waals surface area contributed by atoms with Gasteiger partial charge in [-0.3, -0.25) is 14.9 Å². The van der Waals surface area contributed by atoms with Crippen LogP contribution in [0.1, 0.15) is 41.0 Å². The van der Waals surface area contributed by atoms with Crippen molar-refractivity contribution in [3.05, 3.63) is 24.3 Å². The van der Waals surface area contributed by atoms with Crippen LogP contribution in [-0.2, 0) is 9.59 Å². The Balaban J connectivity index is 1.92. The number of thioether (sulfide) groups is 2. The molecule has 0 radical (unpaired) electrons. The molecule has 0 bridgehead atoms. The van der Waals surface area contributed by atoms with Gasteiger partial charge in [0, 0.05) is 28.5 Å². The van der Waals surface area contributed by atoms with Crippen molar-refractivity contribution in [1.29, 1.82) is 0 Å². The fourth-order valence-electron chi connectivity index (χ4n) is 2.25. The number of nitrogens with one attached hydrogen (secondary N) is 2. The van der Waals surface area contributed by atoms with Crippen LogP contribution < -0.4 is 10.6 Å². The molecule has 0 aliphatic heterocycles. The summed E-state index contributed by atoms with van der Waals surface area (Å²) in [7, 11) is 0. The maximum absolute atomic E-state index is 12.4. The summed E-state index contributed by atoms with van der Waals surface area (Å²) in [6, 6.07) is 7.53. The molecule has 6 nitrogen and oxygen atoms in total. The number of hydrogen-bond donors (Lipinski definition) is 2. The number of carbonyl (C=O) groups is 2. The van der Waals surface area contributed by atoms with E-state index in [1.165, 1.54) is 23.3 Å². The van der Waals surface area contributed by atoms with Gasteiger partial charge in [-0.25, -0.2) is 0 Å². The van der Waals surface area contributed by atoms with Gasteiger partial charge in [0.1, 0.15) is 0 Å². The van der Waals surface area contributed by atoms with Crippen molar-refractivity contribution in [3.63, 3.8) is 0 Å². The highest BCUT2D eigenvalue weighted by Crippen LogP contribution is 2.28. The second kappa shape index (κ2) is 10.3. The minimum atomic E-state index is -0.313. The van der Waals surface area contributed by atoms with Crippen LogP contribution in [0.4, 0.5) is 10.8 Å². The highest BCUT2D eigenvalue weighted by molar-refractivity contribution is 8.00. The van der Waals surface area contributed by atoms with E-state index in [0.29, 0.717) is 16.7 Å². The van der Waals surface area contributed by atoms with E-state index in [4.69, 9.17) is 0 Å². The van der Waals surface area contributed by atoms with E-state index in [1.807, 2.05) is 58.9 Å². The molecule has 1 unspecified atom stereocenters. The number of amides is 2. The lowest BCUT2D eigenvalue weighted by atomic mass is 9.92. The molecule has 1 atom stereocenters. The average molecular weight is 439 g/mol. The van der Waals surface area contributed by atoms with Gasteiger partial charge < -0.3 is 5.32 Å². The van der Waals surface area contributed by atoms with E-state index in [0.717, 1.165) is 16.3 Å². The zero-order valence-corrected chi connectivity index (χ0v) is 19.2. The summed E-state index contributed by atoms with van der Waals surface area (Å²) >= 11 is 4.16. The first-order chi connectivity index (χ1) is 13.2. The standard InChI is InChI=1S/C19H26N4O2S3/c1-6-26-18-22-17(28-23-18)21-16(25)12(2)27-14-9-7-8-13(10-14)20-15(24)11-19(3,4)5/h7-10,12H,6,11H2,1-5H3,(H,20,24)(H,21,22,23,25). The Morgan fingerprint density at radius 3 is 2.68 bits per heavy atom. The zero-order valence-electron chi connectivity index (χ0n) is 16.7. The minimum absolute atomic E-state index is 0.0162. The molecule has 0 saturated carbocycles. The van der Waals surface area contributed by atoms with Gasteiger partial charge in [-0.2, -0.15) is 9.36 Å². The SMILES string of the molecule is CCSc1nsc(NC(=O)C(C)Sc2cccc(NC(=O)CC(C)(C)C)c2)n1. The number of benzene rings is 1. The Hall–Kier alpha value is -1.58. The summed E-state index contributed by atoms with van der Waals surface area (Å²) in [6.45, 7) is 9.96. The van der Waals surface area contributed by atoms with E-state index in [-0.39, 0.29) is 22.5 Å². The first-order valence-corrected chi connectivity index (χ1v) is 11.6. The monoisotopic (exact) mass is 438 g/mol. The molecular formula is C19H26N4O2S3. The summed E-state index contributed by atoms with van der Waals surface area (Å²) in [5.41, 5.74) is 0.667. The second-order valence-electron chi connectivity index (χ2n) is 7.38. The van der Waals surface area contributed by atoms with Gasteiger partial charge in [0.25, 0.3) is 0 Å². The van der Waals surface area contributed by atoms with Crippen LogP contribution in [0, 0.1) is 5.41 Å². The van der Waals surface area contributed by atoms with Gasteiger partial charge in [0.05, 0.1) is 5.25 Å². The fourth-order valence-corrected chi connectivity index (χ4v) is 4.45. The summed E-state index contributed by atoms with van der Waals surface area (Å²) in [6.07, 6.45) is 0.448. The Morgan fingerprint density at radius 2 is 2.00 bits per heavy atom. The quantitative estimate of drug-likeness (QED) is 0.555. The van der Waals surface area contributed by atoms with Crippen molar-refractivity contribution < 1.29 is 9.59 Å². The predicted molar refractivity (Wildman–Crippen MR) is 119 cm³/mol. The molecule has 0 aliphatic rings. The molecule has 1 aromatic heterocycles. The number of aromatic nitrogens is 2. The molecule has 2 aromatic rings. The first-order valence-electron chi connectivity index (χ1n) is 9.00. The van der Waals surface area contributed by atoms with E-state index >= 15 is 0 Å². The van der Waals surface area contributed by atoms with Crippen molar-refractivity contribution in [2.45, 2.75) is 56.3 Å². The lowest BCUT2D eigenvalue weighted by molar-refractivity contribution is -0.118. The van der Waals surface area contributed by atoms with Crippen LogP contribution in [0.15, 0.2) is 34.3 Å². The Labute approximate surface area is 178 Å². The average Bonchev–Trinajstić information content (AvgIpc) is 3.00. The van der Waals surface area contributed by atoms with Gasteiger partial charge in [-0.1, -0.05) is 45.5 Å². The maximum atomic E-state index is 12.4. The van der Waals surface area contributed by atoms with Crippen molar-refractivity contribution in [2.24, 2.45) is 5.41 Å². The number of rotatable bonds is 8. The van der Waals surface area contributed by atoms with E-state index in [1.54, 1.807) is 11.8 Å². The van der Waals surface area contributed by atoms with E-state index in [2.05, 4.69) is 20.0 Å². The molecule has 2 N–H and O–H groups in total. The third kappa shape index (κ3) is 7.81. The molecule has 0 fully saturated rings. The highest BCUT2D eigenvalue weighted by Gasteiger charge is 2.18. The first kappa shape index (κ1) is 22.7. The van der Waals surface area contributed by atoms with Crippen LogP contribution in [0.5, 0.6) is 0 Å². The van der Waals surface area contributed by atoms with Crippen molar-refractivity contribution in [2.75, 3.05) is 16.4 Å². The second-order valence-corrected chi connectivity index (χ2v) is 10.8. The van der Waals surface area contributed by atoms with Crippen LogP contribution in [0.3, 0.4) is 0 Å². The molecule has 0 saturated heterocycles. The lowest BCUT2D eigenvalue weighted by Crippen LogP contribution is -2.22. The molecule has 0 aliphatic carbocycles. The zero-order chi connectivity index (χ0) is 20.7. The number of nitrogens with zero attached hydrogens (tertiary/aromatic N) is 2. The summed E-state index contributed by atoms with van der Waals surface area (Å²) in [5, 5.41) is 6.62.